The lowest BCUT2D eigenvalue weighted by molar-refractivity contribution is -0.147. The second-order valence-corrected chi connectivity index (χ2v) is 4.62. The molecule has 1 heterocycles. The molecule has 1 aromatic carbocycles. The number of nitrogens with zero attached hydrogens (tertiary/aromatic N) is 2. The number of hydrogen-bond acceptors (Lipinski definition) is 3. The molecule has 0 aliphatic carbocycles. The molecule has 0 saturated heterocycles. The minimum Gasteiger partial charge on any atom is -0.399 e. The summed E-state index contributed by atoms with van der Waals surface area (Å²) in [4.78, 5) is 15.3. The van der Waals surface area contributed by atoms with Gasteiger partial charge in [-0.25, -0.2) is 4.98 Å². The van der Waals surface area contributed by atoms with Gasteiger partial charge in [-0.05, 0) is 24.6 Å². The smallest absolute Gasteiger partial charge is 0.399 e. The number of amides is 1. The predicted octanol–water partition coefficient (Wildman–Crippen LogP) is 2.16. The van der Waals surface area contributed by atoms with Gasteiger partial charge in [0.2, 0.25) is 11.7 Å². The number of hydrogen-bond donors (Lipinski definition) is 2. The van der Waals surface area contributed by atoms with Gasteiger partial charge in [-0.1, -0.05) is 6.92 Å². The Morgan fingerprint density at radius 3 is 2.76 bits per heavy atom. The Kier molecular flexibility index (Phi) is 4.06. The van der Waals surface area contributed by atoms with Gasteiger partial charge in [0.25, 0.3) is 0 Å². The number of nitrogens with two attached hydrogens (primary N) is 1. The lowest BCUT2D eigenvalue weighted by Crippen LogP contribution is -2.29. The fourth-order valence-corrected chi connectivity index (χ4v) is 1.99. The third-order valence-electron chi connectivity index (χ3n) is 2.90. The van der Waals surface area contributed by atoms with Gasteiger partial charge in [0.15, 0.2) is 0 Å². The van der Waals surface area contributed by atoms with E-state index in [1.54, 1.807) is 0 Å². The van der Waals surface area contributed by atoms with E-state index in [2.05, 4.69) is 10.3 Å². The van der Waals surface area contributed by atoms with Crippen molar-refractivity contribution in [1.82, 2.24) is 14.9 Å². The monoisotopic (exact) mass is 300 g/mol. The van der Waals surface area contributed by atoms with E-state index in [1.807, 2.05) is 6.92 Å². The third-order valence-corrected chi connectivity index (χ3v) is 2.90. The van der Waals surface area contributed by atoms with E-state index in [4.69, 9.17) is 5.73 Å². The van der Waals surface area contributed by atoms with Gasteiger partial charge < -0.3 is 15.6 Å². The van der Waals surface area contributed by atoms with Crippen LogP contribution in [0.5, 0.6) is 0 Å². The van der Waals surface area contributed by atoms with Crippen LogP contribution >= 0.6 is 0 Å². The highest BCUT2D eigenvalue weighted by Gasteiger charge is 2.38. The molecule has 5 nitrogen and oxygen atoms in total. The maximum absolute atomic E-state index is 13.0. The second-order valence-electron chi connectivity index (χ2n) is 4.62. The zero-order valence-corrected chi connectivity index (χ0v) is 11.4. The molecule has 0 bridgehead atoms. The topological polar surface area (TPSA) is 72.9 Å². The first kappa shape index (κ1) is 15.1. The number of anilines is 1. The van der Waals surface area contributed by atoms with E-state index in [0.29, 0.717) is 18.7 Å². The molecule has 2 rings (SSSR count). The van der Waals surface area contributed by atoms with Crippen LogP contribution in [0.4, 0.5) is 18.9 Å². The lowest BCUT2D eigenvalue weighted by Gasteiger charge is -2.11. The molecule has 1 aromatic heterocycles. The van der Waals surface area contributed by atoms with E-state index >= 15 is 0 Å². The quantitative estimate of drug-likeness (QED) is 0.850. The van der Waals surface area contributed by atoms with Crippen molar-refractivity contribution in [3.63, 3.8) is 0 Å². The summed E-state index contributed by atoms with van der Waals surface area (Å²) in [5.74, 6) is -1.59. The van der Waals surface area contributed by atoms with Crippen LogP contribution in [0.1, 0.15) is 19.2 Å². The predicted molar refractivity (Wildman–Crippen MR) is 72.4 cm³/mol. The molecule has 2 aromatic rings. The van der Waals surface area contributed by atoms with E-state index in [0.717, 1.165) is 4.57 Å². The Bertz CT molecular complexity index is 663. The normalized spacial score (nSPS) is 11.8. The average molecular weight is 300 g/mol. The first-order valence-corrected chi connectivity index (χ1v) is 6.42. The molecule has 1 amide bonds. The number of nitrogens with one attached hydrogen (secondary N) is 1. The van der Waals surface area contributed by atoms with Crippen LogP contribution in [-0.4, -0.2) is 22.0 Å². The van der Waals surface area contributed by atoms with Crippen LogP contribution in [-0.2, 0) is 17.5 Å². The summed E-state index contributed by atoms with van der Waals surface area (Å²) in [5.41, 5.74) is 6.21. The summed E-state index contributed by atoms with van der Waals surface area (Å²) in [7, 11) is 0. The van der Waals surface area contributed by atoms with Crippen LogP contribution in [0.25, 0.3) is 11.0 Å². The van der Waals surface area contributed by atoms with Crippen molar-refractivity contribution in [2.45, 2.75) is 26.1 Å². The van der Waals surface area contributed by atoms with Gasteiger partial charge in [-0.3, -0.25) is 4.79 Å². The number of alkyl halides is 3. The fourth-order valence-electron chi connectivity index (χ4n) is 1.99. The summed E-state index contributed by atoms with van der Waals surface area (Å²) in [5, 5.41) is 2.55. The largest absolute Gasteiger partial charge is 0.449 e. The number of rotatable bonds is 4. The summed E-state index contributed by atoms with van der Waals surface area (Å²) < 4.78 is 40.0. The minimum atomic E-state index is -4.64. The Morgan fingerprint density at radius 2 is 2.14 bits per heavy atom. The van der Waals surface area contributed by atoms with Crippen LogP contribution < -0.4 is 11.1 Å². The molecule has 0 aliphatic rings. The Morgan fingerprint density at radius 1 is 1.43 bits per heavy atom. The van der Waals surface area contributed by atoms with Gasteiger partial charge >= 0.3 is 6.18 Å². The molecular weight excluding hydrogens is 285 g/mol. The Hall–Kier alpha value is -2.25. The van der Waals surface area contributed by atoms with Crippen LogP contribution in [0.3, 0.4) is 0 Å². The lowest BCUT2D eigenvalue weighted by atomic mass is 10.3. The molecule has 0 fully saturated rings. The van der Waals surface area contributed by atoms with Crippen LogP contribution in [0, 0.1) is 0 Å². The Labute approximate surface area is 118 Å². The van der Waals surface area contributed by atoms with Crippen molar-refractivity contribution in [2.24, 2.45) is 0 Å². The van der Waals surface area contributed by atoms with Gasteiger partial charge in [-0.15, -0.1) is 0 Å². The highest BCUT2D eigenvalue weighted by atomic mass is 19.4. The number of benzene rings is 1. The number of nitrogen functional groups attached to an aromatic ring is 1. The molecule has 0 spiro atoms. The molecular formula is C13H15F3N4O. The number of aromatic nitrogens is 2. The van der Waals surface area contributed by atoms with Crippen molar-refractivity contribution in [1.29, 1.82) is 0 Å². The van der Waals surface area contributed by atoms with Crippen molar-refractivity contribution < 1.29 is 18.0 Å². The fraction of sp³-hybridized carbons (Fsp3) is 0.385. The zero-order valence-electron chi connectivity index (χ0n) is 11.4. The molecule has 114 valence electrons. The van der Waals surface area contributed by atoms with Crippen LogP contribution in [0.2, 0.25) is 0 Å². The summed E-state index contributed by atoms with van der Waals surface area (Å²) in [6.07, 6.45) is -3.93. The summed E-state index contributed by atoms with van der Waals surface area (Å²) >= 11 is 0. The van der Waals surface area contributed by atoms with Gasteiger partial charge in [0.1, 0.15) is 6.54 Å². The standard InChI is InChI=1S/C13H15F3N4O/c1-2-5-18-11(21)7-20-10-4-3-8(17)6-9(10)19-12(20)13(14,15)16/h3-4,6H,2,5,7,17H2,1H3,(H,18,21). The molecule has 0 unspecified atom stereocenters. The molecule has 8 heteroatoms. The second kappa shape index (κ2) is 5.63. The van der Waals surface area contributed by atoms with Crippen molar-refractivity contribution in [3.8, 4) is 0 Å². The average Bonchev–Trinajstić information content (AvgIpc) is 2.74. The number of imidazole rings is 1. The van der Waals surface area contributed by atoms with E-state index < -0.39 is 24.5 Å². The van der Waals surface area contributed by atoms with Crippen LogP contribution in [0.15, 0.2) is 18.2 Å². The van der Waals surface area contributed by atoms with Gasteiger partial charge in [0, 0.05) is 12.2 Å². The van der Waals surface area contributed by atoms with Crippen molar-refractivity contribution in [3.05, 3.63) is 24.0 Å². The van der Waals surface area contributed by atoms with E-state index in [1.165, 1.54) is 18.2 Å². The first-order chi connectivity index (χ1) is 9.82. The number of carbonyl (C=O) groups is 1. The van der Waals surface area contributed by atoms with E-state index in [9.17, 15) is 18.0 Å². The molecule has 0 aliphatic heterocycles. The highest BCUT2D eigenvalue weighted by Crippen LogP contribution is 2.31. The number of carbonyl (C=O) groups excluding carboxylic acids is 1. The maximum atomic E-state index is 13.0. The molecule has 0 saturated carbocycles. The molecule has 21 heavy (non-hydrogen) atoms. The zero-order chi connectivity index (χ0) is 15.6. The third kappa shape index (κ3) is 3.26. The summed E-state index contributed by atoms with van der Waals surface area (Å²) in [6.45, 7) is 1.84. The molecule has 0 radical (unpaired) electrons. The van der Waals surface area contributed by atoms with Crippen molar-refractivity contribution in [2.75, 3.05) is 12.3 Å². The SMILES string of the molecule is CCCNC(=O)Cn1c(C(F)(F)F)nc2cc(N)ccc21. The maximum Gasteiger partial charge on any atom is 0.449 e. The Balaban J connectivity index is 2.46. The number of fused-ring (bicyclic) bond motifs is 1. The highest BCUT2D eigenvalue weighted by molar-refractivity contribution is 5.83. The molecule has 3 N–H and O–H groups in total. The van der Waals surface area contributed by atoms with E-state index in [-0.39, 0.29) is 11.0 Å². The van der Waals surface area contributed by atoms with Gasteiger partial charge in [-0.2, -0.15) is 13.2 Å². The first-order valence-electron chi connectivity index (χ1n) is 6.42. The molecule has 0 atom stereocenters. The minimum absolute atomic E-state index is 0.116. The summed E-state index contributed by atoms with van der Waals surface area (Å²) in [6, 6.07) is 4.26. The van der Waals surface area contributed by atoms with Crippen molar-refractivity contribution >= 4 is 22.6 Å². The number of halogens is 3. The van der Waals surface area contributed by atoms with Gasteiger partial charge in [0.05, 0.1) is 11.0 Å².